The van der Waals surface area contributed by atoms with Crippen molar-refractivity contribution < 1.29 is 14.3 Å². The number of hydrogen-bond donors (Lipinski definition) is 1. The molecule has 0 spiro atoms. The van der Waals surface area contributed by atoms with Crippen LogP contribution in [0.15, 0.2) is 18.2 Å². The van der Waals surface area contributed by atoms with Gasteiger partial charge in [0.15, 0.2) is 0 Å². The second kappa shape index (κ2) is 12.3. The van der Waals surface area contributed by atoms with Crippen molar-refractivity contribution in [2.75, 3.05) is 5.73 Å². The molecule has 1 aromatic rings. The van der Waals surface area contributed by atoms with Gasteiger partial charge in [-0.25, -0.2) is 0 Å². The number of rotatable bonds is 4. The molecule has 0 aliphatic heterocycles. The number of aryl methyl sites for hydroxylation is 1. The molecule has 4 heteroatoms. The number of anilines is 1. The van der Waals surface area contributed by atoms with Gasteiger partial charge in [-0.1, -0.05) is 19.9 Å². The maximum Gasteiger partial charge on any atom is 0.293 e. The van der Waals surface area contributed by atoms with Crippen LogP contribution >= 0.6 is 0 Å². The van der Waals surface area contributed by atoms with Gasteiger partial charge >= 0.3 is 0 Å². The molecule has 0 heterocycles. The van der Waals surface area contributed by atoms with Crippen molar-refractivity contribution in [3.05, 3.63) is 23.8 Å². The minimum atomic E-state index is 0.0301. The molecule has 20 heavy (non-hydrogen) atoms. The second-order valence-electron chi connectivity index (χ2n) is 4.49. The Bertz CT molecular complexity index is 363. The Hall–Kier alpha value is -1.71. The third-order valence-electron chi connectivity index (χ3n) is 1.86. The van der Waals surface area contributed by atoms with Crippen LogP contribution in [-0.4, -0.2) is 18.7 Å². The zero-order valence-corrected chi connectivity index (χ0v) is 13.8. The Labute approximate surface area is 123 Å². The van der Waals surface area contributed by atoms with Crippen LogP contribution < -0.4 is 10.5 Å². The van der Waals surface area contributed by atoms with E-state index >= 15 is 0 Å². The summed E-state index contributed by atoms with van der Waals surface area (Å²) in [5, 5.41) is 0. The summed E-state index contributed by atoms with van der Waals surface area (Å²) in [7, 11) is 0. The van der Waals surface area contributed by atoms with Crippen LogP contribution in [0, 0.1) is 6.92 Å². The Kier molecular flexibility index (Phi) is 12.7. The van der Waals surface area contributed by atoms with E-state index < -0.39 is 0 Å². The van der Waals surface area contributed by atoms with Gasteiger partial charge in [0.2, 0.25) is 0 Å². The van der Waals surface area contributed by atoms with E-state index in [9.17, 15) is 4.79 Å². The first-order chi connectivity index (χ1) is 9.36. The summed E-state index contributed by atoms with van der Waals surface area (Å²) in [6.07, 6.45) is 0.205. The largest absolute Gasteiger partial charge is 0.489 e. The van der Waals surface area contributed by atoms with Crippen LogP contribution in [0.4, 0.5) is 5.69 Å². The van der Waals surface area contributed by atoms with Crippen molar-refractivity contribution in [1.82, 2.24) is 0 Å². The molecule has 0 fully saturated rings. The van der Waals surface area contributed by atoms with Crippen LogP contribution in [0.2, 0.25) is 0 Å². The van der Waals surface area contributed by atoms with Gasteiger partial charge in [0.1, 0.15) is 5.75 Å². The predicted molar refractivity (Wildman–Crippen MR) is 85.0 cm³/mol. The molecule has 2 N–H and O–H groups in total. The van der Waals surface area contributed by atoms with Gasteiger partial charge in [0.25, 0.3) is 6.47 Å². The summed E-state index contributed by atoms with van der Waals surface area (Å²) in [6.45, 7) is 14.0. The van der Waals surface area contributed by atoms with Gasteiger partial charge in [0, 0.05) is 0 Å². The molecule has 0 amide bonds. The standard InChI is InChI=1S/C10H15NO.C4H8O2.C2H6/c1-7(2)12-10-6-8(3)4-5-9(10)11;1-4(2)6-3-5;1-2/h4-7H,11H2,1-3H3;3-4H,1-2H3;1-2H3. The molecule has 0 radical (unpaired) electrons. The van der Waals surface area contributed by atoms with E-state index in [0.717, 1.165) is 5.75 Å². The predicted octanol–water partition coefficient (Wildman–Crippen LogP) is 3.96. The molecule has 0 aromatic heterocycles. The lowest BCUT2D eigenvalue weighted by Crippen LogP contribution is -2.07. The maximum atomic E-state index is 9.39. The van der Waals surface area contributed by atoms with Crippen molar-refractivity contribution in [3.8, 4) is 5.75 Å². The van der Waals surface area contributed by atoms with Crippen LogP contribution in [0.5, 0.6) is 5.75 Å². The van der Waals surface area contributed by atoms with Gasteiger partial charge < -0.3 is 15.2 Å². The normalized spacial score (nSPS) is 9.05. The number of carbonyl (C=O) groups excluding carboxylic acids is 1. The SMILES string of the molecule is CC.CC(C)OC=O.Cc1ccc(N)c(OC(C)C)c1. The molecule has 0 bridgehead atoms. The van der Waals surface area contributed by atoms with E-state index in [1.54, 1.807) is 13.8 Å². The third kappa shape index (κ3) is 11.4. The molecule has 0 aliphatic rings. The van der Waals surface area contributed by atoms with E-state index in [0.29, 0.717) is 12.2 Å². The van der Waals surface area contributed by atoms with E-state index in [1.807, 2.05) is 52.8 Å². The average molecular weight is 283 g/mol. The van der Waals surface area contributed by atoms with Gasteiger partial charge in [-0.2, -0.15) is 0 Å². The maximum absolute atomic E-state index is 9.39. The molecule has 0 unspecified atom stereocenters. The molecule has 0 saturated heterocycles. The fourth-order valence-electron chi connectivity index (χ4n) is 1.11. The van der Waals surface area contributed by atoms with Crippen molar-refractivity contribution in [3.63, 3.8) is 0 Å². The first-order valence-electron chi connectivity index (χ1n) is 6.98. The lowest BCUT2D eigenvalue weighted by molar-refractivity contribution is -0.131. The smallest absolute Gasteiger partial charge is 0.293 e. The van der Waals surface area contributed by atoms with E-state index in [1.165, 1.54) is 5.56 Å². The summed E-state index contributed by atoms with van der Waals surface area (Å²) in [5.74, 6) is 0.782. The Morgan fingerprint density at radius 2 is 1.65 bits per heavy atom. The van der Waals surface area contributed by atoms with Gasteiger partial charge in [0.05, 0.1) is 17.9 Å². The van der Waals surface area contributed by atoms with Gasteiger partial charge in [-0.3, -0.25) is 4.79 Å². The molecule has 1 aromatic carbocycles. The minimum absolute atomic E-state index is 0.0301. The molecular formula is C16H29NO3. The highest BCUT2D eigenvalue weighted by molar-refractivity contribution is 5.53. The highest BCUT2D eigenvalue weighted by Gasteiger charge is 2.01. The molecular weight excluding hydrogens is 254 g/mol. The highest BCUT2D eigenvalue weighted by atomic mass is 16.5. The number of hydrogen-bond acceptors (Lipinski definition) is 4. The molecule has 0 atom stereocenters. The van der Waals surface area contributed by atoms with Crippen LogP contribution in [0.25, 0.3) is 0 Å². The van der Waals surface area contributed by atoms with Crippen LogP contribution in [0.1, 0.15) is 47.1 Å². The monoisotopic (exact) mass is 283 g/mol. The lowest BCUT2D eigenvalue weighted by Gasteiger charge is -2.12. The van der Waals surface area contributed by atoms with E-state index in [-0.39, 0.29) is 12.2 Å². The number of nitrogen functional groups attached to an aromatic ring is 1. The first-order valence-corrected chi connectivity index (χ1v) is 6.98. The molecule has 0 saturated carbocycles. The number of ether oxygens (including phenoxy) is 2. The summed E-state index contributed by atoms with van der Waals surface area (Å²) in [5.41, 5.74) is 7.58. The fraction of sp³-hybridized carbons (Fsp3) is 0.562. The van der Waals surface area contributed by atoms with Gasteiger partial charge in [-0.05, 0) is 52.3 Å². The van der Waals surface area contributed by atoms with Crippen molar-refractivity contribution in [2.24, 2.45) is 0 Å². The van der Waals surface area contributed by atoms with Crippen molar-refractivity contribution in [1.29, 1.82) is 0 Å². The fourth-order valence-corrected chi connectivity index (χ4v) is 1.11. The molecule has 0 aliphatic carbocycles. The molecule has 4 nitrogen and oxygen atoms in total. The summed E-state index contributed by atoms with van der Waals surface area (Å²) < 4.78 is 9.86. The summed E-state index contributed by atoms with van der Waals surface area (Å²) in [4.78, 5) is 9.39. The Balaban J connectivity index is 0. The first kappa shape index (κ1) is 20.6. The van der Waals surface area contributed by atoms with E-state index in [4.69, 9.17) is 10.5 Å². The van der Waals surface area contributed by atoms with Crippen LogP contribution in [0.3, 0.4) is 0 Å². The minimum Gasteiger partial charge on any atom is -0.489 e. The Morgan fingerprint density at radius 1 is 1.10 bits per heavy atom. The average Bonchev–Trinajstić information content (AvgIpc) is 2.36. The third-order valence-corrected chi connectivity index (χ3v) is 1.86. The lowest BCUT2D eigenvalue weighted by atomic mass is 10.2. The molecule has 1 rings (SSSR count). The number of nitrogens with two attached hydrogens (primary N) is 1. The van der Waals surface area contributed by atoms with Gasteiger partial charge in [-0.15, -0.1) is 0 Å². The molecule has 116 valence electrons. The number of carbonyl (C=O) groups is 1. The van der Waals surface area contributed by atoms with E-state index in [2.05, 4.69) is 4.74 Å². The Morgan fingerprint density at radius 3 is 2.00 bits per heavy atom. The summed E-state index contributed by atoms with van der Waals surface area (Å²) >= 11 is 0. The quantitative estimate of drug-likeness (QED) is 0.671. The van der Waals surface area contributed by atoms with Crippen molar-refractivity contribution in [2.45, 2.75) is 60.7 Å². The zero-order valence-electron chi connectivity index (χ0n) is 13.8. The zero-order chi connectivity index (χ0) is 16.1. The second-order valence-corrected chi connectivity index (χ2v) is 4.49. The van der Waals surface area contributed by atoms with Crippen molar-refractivity contribution >= 4 is 12.2 Å². The number of benzene rings is 1. The topological polar surface area (TPSA) is 61.5 Å². The highest BCUT2D eigenvalue weighted by Crippen LogP contribution is 2.23. The van der Waals surface area contributed by atoms with Crippen LogP contribution in [-0.2, 0) is 9.53 Å². The summed E-state index contributed by atoms with van der Waals surface area (Å²) in [6, 6.07) is 5.80.